The van der Waals surface area contributed by atoms with Gasteiger partial charge in [-0.3, -0.25) is 24.2 Å². The number of amides is 3. The SMILES string of the molecule is CCCCCCN1C(=O)C(=C2C(=O)N(CC(=O)Nc3ccccc3)c3ccccc32)SC1=S. The van der Waals surface area contributed by atoms with Crippen molar-refractivity contribution in [2.75, 3.05) is 23.3 Å². The number of nitrogens with one attached hydrogen (secondary N) is 1. The Kier molecular flexibility index (Phi) is 7.25. The molecule has 2 aliphatic rings. The van der Waals surface area contributed by atoms with Crippen molar-refractivity contribution in [3.05, 3.63) is 65.1 Å². The summed E-state index contributed by atoms with van der Waals surface area (Å²) in [7, 11) is 0. The number of thiocarbonyl (C=S) groups is 1. The molecule has 170 valence electrons. The Bertz CT molecular complexity index is 1130. The average Bonchev–Trinajstić information content (AvgIpc) is 3.24. The molecular formula is C25H25N3O3S2. The van der Waals surface area contributed by atoms with Crippen LogP contribution in [0.1, 0.15) is 38.2 Å². The van der Waals surface area contributed by atoms with Crippen LogP contribution >= 0.6 is 24.0 Å². The van der Waals surface area contributed by atoms with Crippen LogP contribution in [0.4, 0.5) is 11.4 Å². The van der Waals surface area contributed by atoms with E-state index in [2.05, 4.69) is 12.2 Å². The highest BCUT2D eigenvalue weighted by molar-refractivity contribution is 8.26. The molecule has 1 fully saturated rings. The molecule has 2 heterocycles. The van der Waals surface area contributed by atoms with Gasteiger partial charge < -0.3 is 5.32 Å². The Labute approximate surface area is 203 Å². The van der Waals surface area contributed by atoms with Crippen molar-refractivity contribution < 1.29 is 14.4 Å². The molecule has 4 rings (SSSR count). The van der Waals surface area contributed by atoms with Gasteiger partial charge in [0.15, 0.2) is 0 Å². The number of rotatable bonds is 8. The molecule has 2 aliphatic heterocycles. The van der Waals surface area contributed by atoms with Gasteiger partial charge >= 0.3 is 0 Å². The van der Waals surface area contributed by atoms with Crippen LogP contribution in [0.5, 0.6) is 0 Å². The second-order valence-corrected chi connectivity index (χ2v) is 9.56. The van der Waals surface area contributed by atoms with E-state index in [4.69, 9.17) is 12.2 Å². The molecule has 0 spiro atoms. The number of thioether (sulfide) groups is 1. The van der Waals surface area contributed by atoms with Crippen molar-refractivity contribution in [1.29, 1.82) is 0 Å². The zero-order chi connectivity index (χ0) is 23.4. The molecule has 0 aromatic heterocycles. The number of hydrogen-bond acceptors (Lipinski definition) is 5. The normalized spacial score (nSPS) is 17.7. The third-order valence-electron chi connectivity index (χ3n) is 5.59. The third kappa shape index (κ3) is 4.86. The van der Waals surface area contributed by atoms with Gasteiger partial charge in [0.05, 0.1) is 16.2 Å². The lowest BCUT2D eigenvalue weighted by molar-refractivity contribution is -0.122. The van der Waals surface area contributed by atoms with Crippen molar-refractivity contribution in [3.63, 3.8) is 0 Å². The van der Waals surface area contributed by atoms with E-state index in [1.54, 1.807) is 23.1 Å². The highest BCUT2D eigenvalue weighted by atomic mass is 32.2. The van der Waals surface area contributed by atoms with Crippen LogP contribution in [-0.2, 0) is 14.4 Å². The molecule has 0 radical (unpaired) electrons. The number of unbranched alkanes of at least 4 members (excludes halogenated alkanes) is 3. The number of anilines is 2. The van der Waals surface area contributed by atoms with Crippen LogP contribution in [0.25, 0.3) is 5.57 Å². The van der Waals surface area contributed by atoms with Crippen molar-refractivity contribution in [1.82, 2.24) is 4.90 Å². The Hall–Kier alpha value is -2.97. The van der Waals surface area contributed by atoms with Crippen molar-refractivity contribution in [2.45, 2.75) is 32.6 Å². The molecule has 1 saturated heterocycles. The fraction of sp³-hybridized carbons (Fsp3) is 0.280. The fourth-order valence-corrected chi connectivity index (χ4v) is 5.34. The Balaban J connectivity index is 1.58. The summed E-state index contributed by atoms with van der Waals surface area (Å²) in [5.41, 5.74) is 2.26. The Morgan fingerprint density at radius 1 is 0.939 bits per heavy atom. The molecule has 1 N–H and O–H groups in total. The number of para-hydroxylation sites is 2. The minimum absolute atomic E-state index is 0.147. The molecule has 0 atom stereocenters. The van der Waals surface area contributed by atoms with Crippen LogP contribution in [-0.4, -0.2) is 40.0 Å². The van der Waals surface area contributed by atoms with Crippen LogP contribution < -0.4 is 10.2 Å². The van der Waals surface area contributed by atoms with Crippen LogP contribution in [0.2, 0.25) is 0 Å². The maximum atomic E-state index is 13.5. The third-order valence-corrected chi connectivity index (χ3v) is 7.04. The molecule has 0 saturated carbocycles. The zero-order valence-corrected chi connectivity index (χ0v) is 20.0. The average molecular weight is 480 g/mol. The number of fused-ring (bicyclic) bond motifs is 1. The lowest BCUT2D eigenvalue weighted by Crippen LogP contribution is -2.35. The van der Waals surface area contributed by atoms with Gasteiger partial charge in [-0.2, -0.15) is 0 Å². The summed E-state index contributed by atoms with van der Waals surface area (Å²) < 4.78 is 0.476. The molecule has 0 aliphatic carbocycles. The first-order chi connectivity index (χ1) is 16.0. The number of carbonyl (C=O) groups is 3. The van der Waals surface area contributed by atoms with E-state index in [0.717, 1.165) is 25.7 Å². The van der Waals surface area contributed by atoms with Crippen LogP contribution in [0.3, 0.4) is 0 Å². The molecule has 3 amide bonds. The van der Waals surface area contributed by atoms with E-state index >= 15 is 0 Å². The van der Waals surface area contributed by atoms with Crippen LogP contribution in [0.15, 0.2) is 59.5 Å². The van der Waals surface area contributed by atoms with E-state index in [0.29, 0.717) is 38.3 Å². The molecule has 8 heteroatoms. The molecule has 2 aromatic rings. The summed E-state index contributed by atoms with van der Waals surface area (Å²) in [5, 5.41) is 2.81. The minimum Gasteiger partial charge on any atom is -0.325 e. The van der Waals surface area contributed by atoms with Crippen LogP contribution in [0, 0.1) is 0 Å². The largest absolute Gasteiger partial charge is 0.325 e. The maximum absolute atomic E-state index is 13.5. The molecule has 0 unspecified atom stereocenters. The summed E-state index contributed by atoms with van der Waals surface area (Å²) >= 11 is 6.64. The number of hydrogen-bond donors (Lipinski definition) is 1. The quantitative estimate of drug-likeness (QED) is 0.334. The standard InChI is InChI=1S/C25H25N3O3S2/c1-2-3-4-10-15-27-24(31)22(33-25(27)32)21-18-13-8-9-14-19(18)28(23(21)30)16-20(29)26-17-11-6-5-7-12-17/h5-9,11-14H,2-4,10,15-16H2,1H3,(H,26,29). The van der Waals surface area contributed by atoms with Gasteiger partial charge in [0.1, 0.15) is 10.9 Å². The highest BCUT2D eigenvalue weighted by Gasteiger charge is 2.42. The van der Waals surface area contributed by atoms with Gasteiger partial charge in [-0.05, 0) is 24.6 Å². The lowest BCUT2D eigenvalue weighted by Gasteiger charge is -2.16. The summed E-state index contributed by atoms with van der Waals surface area (Å²) in [6.45, 7) is 2.55. The molecule has 0 bridgehead atoms. The van der Waals surface area contributed by atoms with E-state index < -0.39 is 0 Å². The first kappa shape index (κ1) is 23.2. The number of benzene rings is 2. The van der Waals surface area contributed by atoms with Gasteiger partial charge in [-0.1, -0.05) is 86.6 Å². The van der Waals surface area contributed by atoms with Gasteiger partial charge in [-0.15, -0.1) is 0 Å². The Morgan fingerprint density at radius 2 is 1.67 bits per heavy atom. The topological polar surface area (TPSA) is 69.7 Å². The maximum Gasteiger partial charge on any atom is 0.267 e. The number of carbonyl (C=O) groups excluding carboxylic acids is 3. The molecule has 2 aromatic carbocycles. The lowest BCUT2D eigenvalue weighted by atomic mass is 10.1. The fourth-order valence-electron chi connectivity index (χ4n) is 3.96. The zero-order valence-electron chi connectivity index (χ0n) is 18.4. The van der Waals surface area contributed by atoms with E-state index in [9.17, 15) is 14.4 Å². The summed E-state index contributed by atoms with van der Waals surface area (Å²) in [6.07, 6.45) is 4.13. The molecule has 33 heavy (non-hydrogen) atoms. The van der Waals surface area contributed by atoms with Crippen molar-refractivity contribution in [2.24, 2.45) is 0 Å². The van der Waals surface area contributed by atoms with Gasteiger partial charge in [-0.25, -0.2) is 0 Å². The van der Waals surface area contributed by atoms with E-state index in [1.165, 1.54) is 16.7 Å². The van der Waals surface area contributed by atoms with Crippen molar-refractivity contribution >= 4 is 63.0 Å². The van der Waals surface area contributed by atoms with E-state index in [-0.39, 0.29) is 24.3 Å². The first-order valence-electron chi connectivity index (χ1n) is 11.1. The summed E-state index contributed by atoms with van der Waals surface area (Å²) in [5.74, 6) is -0.893. The second kappa shape index (κ2) is 10.3. The number of nitrogens with zero attached hydrogens (tertiary/aromatic N) is 2. The van der Waals surface area contributed by atoms with E-state index in [1.807, 2.05) is 36.4 Å². The van der Waals surface area contributed by atoms with Gasteiger partial charge in [0.2, 0.25) is 5.91 Å². The van der Waals surface area contributed by atoms with Gasteiger partial charge in [0.25, 0.3) is 11.8 Å². The minimum atomic E-state index is -0.356. The smallest absolute Gasteiger partial charge is 0.267 e. The van der Waals surface area contributed by atoms with Crippen molar-refractivity contribution in [3.8, 4) is 0 Å². The molecule has 6 nitrogen and oxygen atoms in total. The molecular weight excluding hydrogens is 454 g/mol. The predicted molar refractivity (Wildman–Crippen MR) is 137 cm³/mol. The monoisotopic (exact) mass is 479 g/mol. The second-order valence-electron chi connectivity index (χ2n) is 7.91. The predicted octanol–water partition coefficient (Wildman–Crippen LogP) is 4.82. The highest BCUT2D eigenvalue weighted by Crippen LogP contribution is 2.44. The van der Waals surface area contributed by atoms with Gasteiger partial charge in [0, 0.05) is 17.8 Å². The summed E-state index contributed by atoms with van der Waals surface area (Å²) in [4.78, 5) is 42.7. The summed E-state index contributed by atoms with van der Waals surface area (Å²) in [6, 6.07) is 16.3. The Morgan fingerprint density at radius 3 is 2.42 bits per heavy atom. The first-order valence-corrected chi connectivity index (χ1v) is 12.3.